The largest absolute Gasteiger partial charge is 0.481 e. The fourth-order valence-corrected chi connectivity index (χ4v) is 0.753. The molecule has 0 bridgehead atoms. The van der Waals surface area contributed by atoms with Gasteiger partial charge >= 0.3 is 5.97 Å². The van der Waals surface area contributed by atoms with Gasteiger partial charge in [-0.25, -0.2) is 0 Å². The van der Waals surface area contributed by atoms with E-state index in [1.165, 1.54) is 0 Å². The summed E-state index contributed by atoms with van der Waals surface area (Å²) in [5.74, 6) is -1.15. The first-order chi connectivity index (χ1) is 6.43. The zero-order valence-electron chi connectivity index (χ0n) is 8.91. The molecule has 0 aliphatic rings. The van der Waals surface area contributed by atoms with E-state index in [9.17, 15) is 9.59 Å². The maximum absolute atomic E-state index is 11.1. The van der Waals surface area contributed by atoms with Crippen molar-refractivity contribution < 1.29 is 14.7 Å². The lowest BCUT2D eigenvalue weighted by Crippen LogP contribution is -2.38. The summed E-state index contributed by atoms with van der Waals surface area (Å²) in [5, 5.41) is 11.0. The molecule has 1 amide bonds. The van der Waals surface area contributed by atoms with E-state index in [4.69, 9.17) is 5.11 Å². The van der Waals surface area contributed by atoms with E-state index in [-0.39, 0.29) is 24.8 Å². The third-order valence-electron chi connectivity index (χ3n) is 2.04. The van der Waals surface area contributed by atoms with E-state index in [2.05, 4.69) is 5.32 Å². The van der Waals surface area contributed by atoms with Crippen molar-refractivity contribution in [3.63, 3.8) is 0 Å². The van der Waals surface area contributed by atoms with E-state index in [1.54, 1.807) is 0 Å². The van der Waals surface area contributed by atoms with Gasteiger partial charge in [0.05, 0.1) is 6.42 Å². The molecule has 0 radical (unpaired) electrons. The highest BCUT2D eigenvalue weighted by molar-refractivity contribution is 5.80. The second-order valence-corrected chi connectivity index (χ2v) is 3.51. The predicted octanol–water partition coefficient (Wildman–Crippen LogP) is -0.0825. The molecule has 0 aromatic heterocycles. The Kier molecular flexibility index (Phi) is 5.87. The molecule has 0 spiro atoms. The smallest absolute Gasteiger partial charge is 0.303 e. The molecular formula is C9H18N2O3. The molecule has 0 saturated carbocycles. The third-order valence-corrected chi connectivity index (χ3v) is 2.04. The lowest BCUT2D eigenvalue weighted by molar-refractivity contribution is -0.138. The number of nitrogens with one attached hydrogen (secondary N) is 1. The van der Waals surface area contributed by atoms with Crippen LogP contribution in [-0.2, 0) is 9.59 Å². The highest BCUT2D eigenvalue weighted by Gasteiger charge is 2.08. The van der Waals surface area contributed by atoms with Gasteiger partial charge in [-0.1, -0.05) is 0 Å². The van der Waals surface area contributed by atoms with Crippen LogP contribution in [0.4, 0.5) is 0 Å². The molecular weight excluding hydrogens is 184 g/mol. The van der Waals surface area contributed by atoms with Crippen LogP contribution in [0.3, 0.4) is 0 Å². The number of likely N-dealkylation sites (N-methyl/N-ethyl adjacent to an activating group) is 1. The Morgan fingerprint density at radius 1 is 1.36 bits per heavy atom. The molecule has 14 heavy (non-hydrogen) atoms. The molecule has 1 atom stereocenters. The van der Waals surface area contributed by atoms with Gasteiger partial charge in [0.1, 0.15) is 0 Å². The van der Waals surface area contributed by atoms with E-state index in [0.29, 0.717) is 6.54 Å². The van der Waals surface area contributed by atoms with Crippen molar-refractivity contribution in [3.8, 4) is 0 Å². The van der Waals surface area contributed by atoms with Crippen molar-refractivity contribution in [3.05, 3.63) is 0 Å². The molecule has 0 aliphatic carbocycles. The fourth-order valence-electron chi connectivity index (χ4n) is 0.753. The average Bonchev–Trinajstić information content (AvgIpc) is 2.10. The molecule has 5 nitrogen and oxygen atoms in total. The number of hydrogen-bond acceptors (Lipinski definition) is 3. The lowest BCUT2D eigenvalue weighted by atomic mass is 10.2. The van der Waals surface area contributed by atoms with Gasteiger partial charge in [-0.3, -0.25) is 9.59 Å². The fraction of sp³-hybridized carbons (Fsp3) is 0.778. The Labute approximate surface area is 84.1 Å². The van der Waals surface area contributed by atoms with E-state index in [0.717, 1.165) is 0 Å². The number of nitrogens with zero attached hydrogens (tertiary/aromatic N) is 1. The summed E-state index contributed by atoms with van der Waals surface area (Å²) >= 11 is 0. The van der Waals surface area contributed by atoms with E-state index >= 15 is 0 Å². The van der Waals surface area contributed by atoms with Gasteiger partial charge in [-0.15, -0.1) is 0 Å². The first-order valence-corrected chi connectivity index (χ1v) is 4.58. The minimum atomic E-state index is -0.944. The van der Waals surface area contributed by atoms with Gasteiger partial charge in [0.25, 0.3) is 0 Å². The maximum Gasteiger partial charge on any atom is 0.303 e. The minimum absolute atomic E-state index is 0.0511. The quantitative estimate of drug-likeness (QED) is 0.632. The molecule has 1 unspecified atom stereocenters. The Hall–Kier alpha value is -1.10. The number of amides is 1. The SMILES string of the molecule is CC(CNC(=O)CCC(=O)O)N(C)C. The van der Waals surface area contributed by atoms with Crippen LogP contribution >= 0.6 is 0 Å². The summed E-state index contributed by atoms with van der Waals surface area (Å²) in [7, 11) is 3.85. The van der Waals surface area contributed by atoms with Crippen LogP contribution in [0.25, 0.3) is 0 Å². The predicted molar refractivity (Wildman–Crippen MR) is 53.0 cm³/mol. The van der Waals surface area contributed by atoms with Gasteiger partial charge in [-0.05, 0) is 21.0 Å². The number of carboxylic acid groups (broad SMARTS) is 1. The van der Waals surface area contributed by atoms with Gasteiger partial charge < -0.3 is 15.3 Å². The highest BCUT2D eigenvalue weighted by atomic mass is 16.4. The molecule has 0 heterocycles. The molecule has 2 N–H and O–H groups in total. The number of hydrogen-bond donors (Lipinski definition) is 2. The first-order valence-electron chi connectivity index (χ1n) is 4.58. The topological polar surface area (TPSA) is 69.6 Å². The van der Waals surface area contributed by atoms with Crippen molar-refractivity contribution in [1.82, 2.24) is 10.2 Å². The van der Waals surface area contributed by atoms with Crippen molar-refractivity contribution >= 4 is 11.9 Å². The monoisotopic (exact) mass is 202 g/mol. The van der Waals surface area contributed by atoms with Crippen LogP contribution in [-0.4, -0.2) is 48.6 Å². The summed E-state index contributed by atoms with van der Waals surface area (Å²) in [6.45, 7) is 2.53. The summed E-state index contributed by atoms with van der Waals surface area (Å²) in [4.78, 5) is 23.2. The van der Waals surface area contributed by atoms with Crippen LogP contribution in [0, 0.1) is 0 Å². The molecule has 5 heteroatoms. The molecule has 0 saturated heterocycles. The van der Waals surface area contributed by atoms with Crippen molar-refractivity contribution in [2.24, 2.45) is 0 Å². The van der Waals surface area contributed by atoms with E-state index in [1.807, 2.05) is 25.9 Å². The molecule has 0 aromatic rings. The van der Waals surface area contributed by atoms with Gasteiger partial charge in [0.2, 0.25) is 5.91 Å². The standard InChI is InChI=1S/C9H18N2O3/c1-7(11(2)3)6-10-8(12)4-5-9(13)14/h7H,4-6H2,1-3H3,(H,10,12)(H,13,14). The van der Waals surface area contributed by atoms with Gasteiger partial charge in [-0.2, -0.15) is 0 Å². The Bertz CT molecular complexity index is 204. The summed E-state index contributed by atoms with van der Waals surface area (Å²) < 4.78 is 0. The molecule has 0 fully saturated rings. The molecule has 0 rings (SSSR count). The average molecular weight is 202 g/mol. The Morgan fingerprint density at radius 3 is 2.36 bits per heavy atom. The molecule has 0 aromatic carbocycles. The Balaban J connectivity index is 3.58. The van der Waals surface area contributed by atoms with Crippen LogP contribution in [0.1, 0.15) is 19.8 Å². The maximum atomic E-state index is 11.1. The highest BCUT2D eigenvalue weighted by Crippen LogP contribution is 1.91. The summed E-state index contributed by atoms with van der Waals surface area (Å²) in [6.07, 6.45) is -0.0579. The zero-order chi connectivity index (χ0) is 11.1. The number of carboxylic acids is 1. The number of carbonyl (C=O) groups is 2. The van der Waals surface area contributed by atoms with Gasteiger partial charge in [0, 0.05) is 19.0 Å². The van der Waals surface area contributed by atoms with Crippen molar-refractivity contribution in [2.75, 3.05) is 20.6 Å². The van der Waals surface area contributed by atoms with Crippen molar-refractivity contribution in [1.29, 1.82) is 0 Å². The Morgan fingerprint density at radius 2 is 1.93 bits per heavy atom. The summed E-state index contributed by atoms with van der Waals surface area (Å²) in [6, 6.07) is 0.253. The van der Waals surface area contributed by atoms with Crippen LogP contribution < -0.4 is 5.32 Å². The summed E-state index contributed by atoms with van der Waals surface area (Å²) in [5.41, 5.74) is 0. The molecule has 0 aliphatic heterocycles. The molecule has 82 valence electrons. The van der Waals surface area contributed by atoms with Crippen LogP contribution in [0.15, 0.2) is 0 Å². The lowest BCUT2D eigenvalue weighted by Gasteiger charge is -2.19. The second-order valence-electron chi connectivity index (χ2n) is 3.51. The number of rotatable bonds is 6. The van der Waals surface area contributed by atoms with E-state index < -0.39 is 5.97 Å². The first kappa shape index (κ1) is 12.9. The van der Waals surface area contributed by atoms with Crippen LogP contribution in [0.5, 0.6) is 0 Å². The number of carbonyl (C=O) groups excluding carboxylic acids is 1. The minimum Gasteiger partial charge on any atom is -0.481 e. The number of aliphatic carboxylic acids is 1. The van der Waals surface area contributed by atoms with Crippen LogP contribution in [0.2, 0.25) is 0 Å². The third kappa shape index (κ3) is 6.42. The van der Waals surface area contributed by atoms with Crippen molar-refractivity contribution in [2.45, 2.75) is 25.8 Å². The zero-order valence-corrected chi connectivity index (χ0v) is 8.91. The van der Waals surface area contributed by atoms with Gasteiger partial charge in [0.15, 0.2) is 0 Å². The normalized spacial score (nSPS) is 12.6. The second kappa shape index (κ2) is 6.37.